The highest BCUT2D eigenvalue weighted by Crippen LogP contribution is 2.49. The van der Waals surface area contributed by atoms with E-state index in [0.717, 1.165) is 64.9 Å². The summed E-state index contributed by atoms with van der Waals surface area (Å²) in [6.45, 7) is 4.33. The lowest BCUT2D eigenvalue weighted by Crippen LogP contribution is -2.16. The van der Waals surface area contributed by atoms with E-state index >= 15 is 0 Å². The predicted octanol–water partition coefficient (Wildman–Crippen LogP) is 7.75. The zero-order valence-electron chi connectivity index (χ0n) is 22.0. The maximum absolute atomic E-state index is 12.9. The fourth-order valence-corrected chi connectivity index (χ4v) is 6.51. The van der Waals surface area contributed by atoms with Gasteiger partial charge in [-0.1, -0.05) is 66.7 Å². The Balaban J connectivity index is 1.26. The van der Waals surface area contributed by atoms with Gasteiger partial charge in [0, 0.05) is 0 Å². The van der Waals surface area contributed by atoms with Gasteiger partial charge in [0.15, 0.2) is 0 Å². The molecule has 0 spiro atoms. The molecule has 0 radical (unpaired) electrons. The number of carbonyl (C=O) groups is 2. The summed E-state index contributed by atoms with van der Waals surface area (Å²) in [5.74, 6) is 0. The summed E-state index contributed by atoms with van der Waals surface area (Å²) < 4.78 is 15.6. The van der Waals surface area contributed by atoms with Crippen LogP contribution in [0.5, 0.6) is 0 Å². The monoisotopic (exact) mass is 538 g/mol. The number of nitrogens with one attached hydrogen (secondary N) is 1. The number of carbonyl (C=O) groups excluding carboxylic acids is 2. The summed E-state index contributed by atoms with van der Waals surface area (Å²) in [6, 6.07) is 22.5. The van der Waals surface area contributed by atoms with Gasteiger partial charge in [-0.3, -0.25) is 10.1 Å². The van der Waals surface area contributed by atoms with Crippen molar-refractivity contribution in [2.24, 2.45) is 0 Å². The smallest absolute Gasteiger partial charge is 0.412 e. The van der Waals surface area contributed by atoms with E-state index in [1.54, 1.807) is 0 Å². The maximum atomic E-state index is 12.9. The Morgan fingerprint density at radius 1 is 1.00 bits per heavy atom. The average Bonchev–Trinajstić information content (AvgIpc) is 3.41. The SMILES string of the molecule is Cc1nsc(-c2ccc(-c3ccc(C4(OC=O)CC4)cc3)c3c2CCC3)c1NC(=O)O[C@H](C)c1ccccc1. The Kier molecular flexibility index (Phi) is 6.69. The highest BCUT2D eigenvalue weighted by molar-refractivity contribution is 7.10. The summed E-state index contributed by atoms with van der Waals surface area (Å²) in [5, 5.41) is 2.98. The Hall–Kier alpha value is -3.97. The third-order valence-electron chi connectivity index (χ3n) is 7.87. The van der Waals surface area contributed by atoms with Gasteiger partial charge in [0.1, 0.15) is 11.7 Å². The highest BCUT2D eigenvalue weighted by atomic mass is 32.1. The maximum Gasteiger partial charge on any atom is 0.412 e. The van der Waals surface area contributed by atoms with E-state index in [1.807, 2.05) is 44.2 Å². The molecular weight excluding hydrogens is 508 g/mol. The molecule has 2 aliphatic rings. The fraction of sp³-hybridized carbons (Fsp3) is 0.281. The molecule has 6 rings (SSSR count). The van der Waals surface area contributed by atoms with Gasteiger partial charge in [-0.2, -0.15) is 4.37 Å². The zero-order chi connectivity index (χ0) is 27.0. The minimum atomic E-state index is -0.490. The normalized spacial score (nSPS) is 15.7. The predicted molar refractivity (Wildman–Crippen MR) is 153 cm³/mol. The first-order valence-electron chi connectivity index (χ1n) is 13.4. The van der Waals surface area contributed by atoms with Gasteiger partial charge in [0.05, 0.1) is 16.3 Å². The van der Waals surface area contributed by atoms with E-state index in [2.05, 4.69) is 46.1 Å². The first-order chi connectivity index (χ1) is 19.0. The number of fused-ring (bicyclic) bond motifs is 1. The Labute approximate surface area is 232 Å². The molecule has 1 heterocycles. The Morgan fingerprint density at radius 2 is 1.69 bits per heavy atom. The van der Waals surface area contributed by atoms with E-state index in [9.17, 15) is 9.59 Å². The molecular formula is C32H30N2O4S. The number of aryl methyl sites for hydroxylation is 1. The molecule has 2 aliphatic carbocycles. The first-order valence-corrected chi connectivity index (χ1v) is 14.1. The standard InChI is InChI=1S/C32H30N2O4S/c1-20-29(33-31(36)38-21(2)22-7-4-3-5-8-22)30(39-34-20)28-16-15-25(26-9-6-10-27(26)28)23-11-13-24(14-12-23)32(17-18-32)37-19-35/h3-5,7-8,11-16,19,21H,6,9-10,17-18H2,1-2H3,(H,33,36)/t21-/m1/s1. The van der Waals surface area contributed by atoms with Crippen molar-refractivity contribution in [3.8, 4) is 21.6 Å². The van der Waals surface area contributed by atoms with Crippen LogP contribution in [0.3, 0.4) is 0 Å². The van der Waals surface area contributed by atoms with Crippen LogP contribution in [0, 0.1) is 6.92 Å². The first kappa shape index (κ1) is 25.3. The summed E-state index contributed by atoms with van der Waals surface area (Å²) in [7, 11) is 0. The average molecular weight is 539 g/mol. The van der Waals surface area contributed by atoms with Crippen LogP contribution in [0.15, 0.2) is 66.7 Å². The van der Waals surface area contributed by atoms with Crippen LogP contribution < -0.4 is 5.32 Å². The molecule has 1 fully saturated rings. The minimum absolute atomic E-state index is 0.365. The van der Waals surface area contributed by atoms with Crippen LogP contribution in [0.2, 0.25) is 0 Å². The van der Waals surface area contributed by atoms with E-state index in [4.69, 9.17) is 9.47 Å². The van der Waals surface area contributed by atoms with Gasteiger partial charge in [0.25, 0.3) is 6.47 Å². The second-order valence-corrected chi connectivity index (χ2v) is 11.1. The molecule has 0 unspecified atom stereocenters. The number of benzene rings is 3. The number of nitrogens with zero attached hydrogens (tertiary/aromatic N) is 1. The lowest BCUT2D eigenvalue weighted by atomic mass is 9.92. The largest absolute Gasteiger partial charge is 0.456 e. The molecule has 3 aromatic carbocycles. The molecule has 0 saturated heterocycles. The number of hydrogen-bond donors (Lipinski definition) is 1. The number of aromatic nitrogens is 1. The molecule has 0 aliphatic heterocycles. The lowest BCUT2D eigenvalue weighted by Gasteiger charge is -2.17. The van der Waals surface area contributed by atoms with Gasteiger partial charge in [-0.05, 0) is 96.4 Å². The molecule has 1 atom stereocenters. The number of amides is 1. The minimum Gasteiger partial charge on any atom is -0.456 e. The summed E-state index contributed by atoms with van der Waals surface area (Å²) >= 11 is 1.41. The van der Waals surface area contributed by atoms with Crippen LogP contribution in [-0.2, 0) is 32.7 Å². The topological polar surface area (TPSA) is 77.5 Å². The zero-order valence-corrected chi connectivity index (χ0v) is 22.8. The number of rotatable bonds is 8. The molecule has 4 aromatic rings. The second-order valence-electron chi connectivity index (χ2n) is 10.3. The van der Waals surface area contributed by atoms with Crippen LogP contribution >= 0.6 is 11.5 Å². The molecule has 39 heavy (non-hydrogen) atoms. The molecule has 1 aromatic heterocycles. The van der Waals surface area contributed by atoms with Crippen molar-refractivity contribution in [1.82, 2.24) is 4.37 Å². The van der Waals surface area contributed by atoms with E-state index < -0.39 is 11.7 Å². The van der Waals surface area contributed by atoms with E-state index in [1.165, 1.54) is 28.2 Å². The fourth-order valence-electron chi connectivity index (χ4n) is 5.61. The summed E-state index contributed by atoms with van der Waals surface area (Å²) in [5.41, 5.74) is 9.22. The van der Waals surface area contributed by atoms with Gasteiger partial charge >= 0.3 is 6.09 Å². The van der Waals surface area contributed by atoms with Crippen molar-refractivity contribution in [3.63, 3.8) is 0 Å². The molecule has 6 nitrogen and oxygen atoms in total. The van der Waals surface area contributed by atoms with Gasteiger partial charge in [-0.25, -0.2) is 4.79 Å². The van der Waals surface area contributed by atoms with Crippen molar-refractivity contribution in [2.45, 2.75) is 57.7 Å². The molecule has 0 bridgehead atoms. The van der Waals surface area contributed by atoms with E-state index in [0.29, 0.717) is 12.2 Å². The number of hydrogen-bond acceptors (Lipinski definition) is 6. The third-order valence-corrected chi connectivity index (χ3v) is 8.84. The molecule has 1 N–H and O–H groups in total. The van der Waals surface area contributed by atoms with Crippen molar-refractivity contribution in [2.75, 3.05) is 5.32 Å². The molecule has 1 saturated carbocycles. The van der Waals surface area contributed by atoms with Crippen molar-refractivity contribution in [3.05, 3.63) is 94.7 Å². The van der Waals surface area contributed by atoms with Crippen LogP contribution in [-0.4, -0.2) is 16.9 Å². The third kappa shape index (κ3) is 4.83. The van der Waals surface area contributed by atoms with Crippen LogP contribution in [0.1, 0.15) is 60.2 Å². The second kappa shape index (κ2) is 10.3. The van der Waals surface area contributed by atoms with Gasteiger partial charge in [0.2, 0.25) is 0 Å². The van der Waals surface area contributed by atoms with Crippen molar-refractivity contribution >= 4 is 29.8 Å². The quantitative estimate of drug-likeness (QED) is 0.232. The van der Waals surface area contributed by atoms with Crippen LogP contribution in [0.25, 0.3) is 21.6 Å². The van der Waals surface area contributed by atoms with Gasteiger partial charge in [-0.15, -0.1) is 0 Å². The van der Waals surface area contributed by atoms with Crippen LogP contribution in [0.4, 0.5) is 10.5 Å². The molecule has 1 amide bonds. The van der Waals surface area contributed by atoms with Crippen molar-refractivity contribution < 1.29 is 19.1 Å². The molecule has 198 valence electrons. The Morgan fingerprint density at radius 3 is 2.38 bits per heavy atom. The van der Waals surface area contributed by atoms with E-state index in [-0.39, 0.29) is 6.10 Å². The number of anilines is 1. The summed E-state index contributed by atoms with van der Waals surface area (Å²) in [6.07, 6.45) is 3.98. The van der Waals surface area contributed by atoms with Crippen molar-refractivity contribution in [1.29, 1.82) is 0 Å². The summed E-state index contributed by atoms with van der Waals surface area (Å²) in [4.78, 5) is 24.8. The number of ether oxygens (including phenoxy) is 2. The lowest BCUT2D eigenvalue weighted by molar-refractivity contribution is -0.136. The van der Waals surface area contributed by atoms with Gasteiger partial charge < -0.3 is 9.47 Å². The highest BCUT2D eigenvalue weighted by Gasteiger charge is 2.47. The molecule has 7 heteroatoms. The Bertz CT molecular complexity index is 1520.